The molecule has 3 fully saturated rings. The summed E-state index contributed by atoms with van der Waals surface area (Å²) in [5.74, 6) is 0.916. The number of guanidine groups is 1. The Morgan fingerprint density at radius 2 is 2.08 bits per heavy atom. The molecule has 0 bridgehead atoms. The lowest BCUT2D eigenvalue weighted by atomic mass is 9.60. The molecule has 1 saturated heterocycles. The van der Waals surface area contributed by atoms with Crippen molar-refractivity contribution in [2.24, 2.45) is 10.4 Å². The third kappa shape index (κ3) is 4.70. The number of ether oxygens (including phenoxy) is 3. The molecule has 0 radical (unpaired) electrons. The van der Waals surface area contributed by atoms with Crippen LogP contribution < -0.4 is 10.6 Å². The molecule has 3 atom stereocenters. The smallest absolute Gasteiger partial charge is 0.191 e. The molecule has 0 amide bonds. The van der Waals surface area contributed by atoms with Crippen LogP contribution in [-0.4, -0.2) is 63.7 Å². The average Bonchev–Trinajstić information content (AvgIpc) is 3.33. The first-order valence-corrected chi connectivity index (χ1v) is 10.6. The van der Waals surface area contributed by atoms with Crippen molar-refractivity contribution in [3.63, 3.8) is 0 Å². The van der Waals surface area contributed by atoms with Crippen LogP contribution in [0.15, 0.2) is 4.99 Å². The maximum Gasteiger partial charge on any atom is 0.191 e. The zero-order valence-electron chi connectivity index (χ0n) is 16.6. The van der Waals surface area contributed by atoms with E-state index in [9.17, 15) is 0 Å². The van der Waals surface area contributed by atoms with Crippen LogP contribution in [0.3, 0.4) is 0 Å². The Morgan fingerprint density at radius 3 is 2.77 bits per heavy atom. The van der Waals surface area contributed by atoms with Gasteiger partial charge in [0.25, 0.3) is 0 Å². The molecule has 0 aromatic rings. The van der Waals surface area contributed by atoms with Crippen LogP contribution >= 0.6 is 0 Å². The van der Waals surface area contributed by atoms with Crippen molar-refractivity contribution in [1.82, 2.24) is 10.6 Å². The number of nitrogens with zero attached hydrogens (tertiary/aromatic N) is 1. The summed E-state index contributed by atoms with van der Waals surface area (Å²) in [5, 5.41) is 7.07. The molecule has 6 nitrogen and oxygen atoms in total. The molecule has 1 spiro atoms. The van der Waals surface area contributed by atoms with Gasteiger partial charge in [-0.05, 0) is 46.0 Å². The van der Waals surface area contributed by atoms with E-state index in [4.69, 9.17) is 19.2 Å². The van der Waals surface area contributed by atoms with Gasteiger partial charge in [0.05, 0.1) is 32.0 Å². The number of hydrogen-bond acceptors (Lipinski definition) is 4. The van der Waals surface area contributed by atoms with E-state index >= 15 is 0 Å². The fourth-order valence-corrected chi connectivity index (χ4v) is 4.79. The monoisotopic (exact) mass is 367 g/mol. The fraction of sp³-hybridized carbons (Fsp3) is 0.950. The molecule has 26 heavy (non-hydrogen) atoms. The van der Waals surface area contributed by atoms with E-state index in [1.807, 2.05) is 0 Å². The van der Waals surface area contributed by atoms with Gasteiger partial charge < -0.3 is 24.8 Å². The minimum Gasteiger partial charge on any atom is -0.378 e. The molecular weight excluding hydrogens is 330 g/mol. The first kappa shape index (κ1) is 19.9. The molecule has 0 aromatic heterocycles. The van der Waals surface area contributed by atoms with Crippen molar-refractivity contribution in [2.75, 3.05) is 39.5 Å². The Bertz CT molecular complexity index is 446. The highest BCUT2D eigenvalue weighted by Gasteiger charge is 2.56. The minimum absolute atomic E-state index is 0.290. The summed E-state index contributed by atoms with van der Waals surface area (Å²) >= 11 is 0. The topological polar surface area (TPSA) is 64.1 Å². The first-order valence-electron chi connectivity index (χ1n) is 10.6. The summed E-state index contributed by atoms with van der Waals surface area (Å²) in [4.78, 5) is 4.71. The summed E-state index contributed by atoms with van der Waals surface area (Å²) in [6, 6.07) is 0.479. The van der Waals surface area contributed by atoms with Gasteiger partial charge in [-0.2, -0.15) is 0 Å². The van der Waals surface area contributed by atoms with Gasteiger partial charge in [-0.15, -0.1) is 0 Å². The fourth-order valence-electron chi connectivity index (χ4n) is 4.79. The van der Waals surface area contributed by atoms with Crippen molar-refractivity contribution in [3.8, 4) is 0 Å². The quantitative estimate of drug-likeness (QED) is 0.372. The Balaban J connectivity index is 1.45. The first-order chi connectivity index (χ1) is 12.8. The van der Waals surface area contributed by atoms with Crippen molar-refractivity contribution in [3.05, 3.63) is 0 Å². The number of rotatable bonds is 9. The molecule has 3 rings (SSSR count). The molecule has 2 aliphatic carbocycles. The lowest BCUT2D eigenvalue weighted by molar-refractivity contribution is -0.125. The second-order valence-electron chi connectivity index (χ2n) is 7.79. The van der Waals surface area contributed by atoms with Gasteiger partial charge in [0.15, 0.2) is 5.96 Å². The van der Waals surface area contributed by atoms with Crippen molar-refractivity contribution >= 4 is 5.96 Å². The van der Waals surface area contributed by atoms with E-state index in [1.165, 1.54) is 25.7 Å². The molecule has 2 saturated carbocycles. The Morgan fingerprint density at radius 1 is 1.23 bits per heavy atom. The van der Waals surface area contributed by atoms with Crippen LogP contribution in [-0.2, 0) is 14.2 Å². The molecular formula is C20H37N3O3. The van der Waals surface area contributed by atoms with Crippen LogP contribution in [0, 0.1) is 5.41 Å². The second kappa shape index (κ2) is 9.90. The molecule has 3 aliphatic rings. The Labute approximate surface area is 158 Å². The number of hydrogen-bond donors (Lipinski definition) is 2. The largest absolute Gasteiger partial charge is 0.378 e. The highest BCUT2D eigenvalue weighted by atomic mass is 16.5. The van der Waals surface area contributed by atoms with Crippen LogP contribution in [0.1, 0.15) is 58.8 Å². The average molecular weight is 368 g/mol. The lowest BCUT2D eigenvalue weighted by Gasteiger charge is -2.54. The van der Waals surface area contributed by atoms with Gasteiger partial charge >= 0.3 is 0 Å². The van der Waals surface area contributed by atoms with E-state index < -0.39 is 0 Å². The van der Waals surface area contributed by atoms with Crippen LogP contribution in [0.2, 0.25) is 0 Å². The second-order valence-corrected chi connectivity index (χ2v) is 7.79. The van der Waals surface area contributed by atoms with Gasteiger partial charge in [-0.3, -0.25) is 4.99 Å². The third-order valence-electron chi connectivity index (χ3n) is 6.18. The van der Waals surface area contributed by atoms with Crippen molar-refractivity contribution in [2.45, 2.75) is 77.0 Å². The van der Waals surface area contributed by atoms with Crippen LogP contribution in [0.4, 0.5) is 0 Å². The van der Waals surface area contributed by atoms with Crippen LogP contribution in [0.25, 0.3) is 0 Å². The predicted molar refractivity (Wildman–Crippen MR) is 104 cm³/mol. The lowest BCUT2D eigenvalue weighted by Crippen LogP contribution is -2.65. The maximum atomic E-state index is 6.02. The Hall–Kier alpha value is -0.850. The number of aliphatic imine (C=N–C) groups is 1. The standard InChI is InChI=1S/C20H37N3O3/c1-3-21-19(22-11-13-24-15-16-8-7-12-26-16)23-17-14-18(25-4-2)20(17)9-5-6-10-20/h16-18H,3-15H2,1-2H3,(H2,21,22,23). The summed E-state index contributed by atoms with van der Waals surface area (Å²) in [6.07, 6.45) is 9.29. The van der Waals surface area contributed by atoms with Gasteiger partial charge in [0, 0.05) is 31.2 Å². The molecule has 1 heterocycles. The number of nitrogens with one attached hydrogen (secondary N) is 2. The molecule has 3 unspecified atom stereocenters. The van der Waals surface area contributed by atoms with E-state index in [0.29, 0.717) is 37.3 Å². The minimum atomic E-state index is 0.290. The molecule has 150 valence electrons. The van der Waals surface area contributed by atoms with Crippen LogP contribution in [0.5, 0.6) is 0 Å². The zero-order valence-corrected chi connectivity index (χ0v) is 16.6. The van der Waals surface area contributed by atoms with Gasteiger partial charge in [0.1, 0.15) is 0 Å². The highest BCUT2D eigenvalue weighted by Crippen LogP contribution is 2.54. The summed E-state index contributed by atoms with van der Waals surface area (Å²) < 4.78 is 17.3. The highest BCUT2D eigenvalue weighted by molar-refractivity contribution is 5.80. The van der Waals surface area contributed by atoms with Gasteiger partial charge in [-0.25, -0.2) is 0 Å². The van der Waals surface area contributed by atoms with Crippen molar-refractivity contribution in [1.29, 1.82) is 0 Å². The Kier molecular flexibility index (Phi) is 7.58. The van der Waals surface area contributed by atoms with E-state index in [-0.39, 0.29) is 6.10 Å². The van der Waals surface area contributed by atoms with Gasteiger partial charge in [0.2, 0.25) is 0 Å². The predicted octanol–water partition coefficient (Wildman–Crippen LogP) is 2.47. The van der Waals surface area contributed by atoms with E-state index in [0.717, 1.165) is 45.0 Å². The summed E-state index contributed by atoms with van der Waals surface area (Å²) in [7, 11) is 0. The molecule has 2 N–H and O–H groups in total. The molecule has 0 aromatic carbocycles. The normalized spacial score (nSPS) is 30.5. The SMILES string of the molecule is CCNC(=NCCOCC1CCCO1)NC1CC(OCC)C12CCCC2. The van der Waals surface area contributed by atoms with E-state index in [1.54, 1.807) is 0 Å². The van der Waals surface area contributed by atoms with Gasteiger partial charge in [-0.1, -0.05) is 12.8 Å². The third-order valence-corrected chi connectivity index (χ3v) is 6.18. The summed E-state index contributed by atoms with van der Waals surface area (Å²) in [6.45, 7) is 8.80. The molecule has 1 aliphatic heterocycles. The maximum absolute atomic E-state index is 6.02. The summed E-state index contributed by atoms with van der Waals surface area (Å²) in [5.41, 5.74) is 0.322. The van der Waals surface area contributed by atoms with Crippen molar-refractivity contribution < 1.29 is 14.2 Å². The molecule has 6 heteroatoms. The van der Waals surface area contributed by atoms with E-state index in [2.05, 4.69) is 24.5 Å². The zero-order chi connectivity index (χ0) is 18.2.